The lowest BCUT2D eigenvalue weighted by molar-refractivity contribution is -0.189. The summed E-state index contributed by atoms with van der Waals surface area (Å²) < 4.78 is 5.05. The van der Waals surface area contributed by atoms with Gasteiger partial charge in [0.05, 0.1) is 12.5 Å². The maximum Gasteiger partial charge on any atom is 0.304 e. The smallest absolute Gasteiger partial charge is 0.304 e. The van der Waals surface area contributed by atoms with Gasteiger partial charge >= 0.3 is 5.97 Å². The Morgan fingerprint density at radius 2 is 2.00 bits per heavy atom. The number of carbonyl (C=O) groups excluding carboxylic acids is 2. The van der Waals surface area contributed by atoms with E-state index >= 15 is 0 Å². The molecular formula is C11H17NO4. The predicted molar refractivity (Wildman–Crippen MR) is 55.3 cm³/mol. The molecule has 1 unspecified atom stereocenters. The van der Waals surface area contributed by atoms with Gasteiger partial charge in [-0.1, -0.05) is 0 Å². The second kappa shape index (κ2) is 4.41. The van der Waals surface area contributed by atoms with E-state index in [0.29, 0.717) is 6.42 Å². The molecule has 0 radical (unpaired) electrons. The third-order valence-electron chi connectivity index (χ3n) is 3.31. The summed E-state index contributed by atoms with van der Waals surface area (Å²) >= 11 is 0. The van der Waals surface area contributed by atoms with Gasteiger partial charge in [0, 0.05) is 13.0 Å². The minimum Gasteiger partial charge on any atom is -0.441 e. The number of nitrogens with zero attached hydrogens (tertiary/aromatic N) is 1. The number of rotatable bonds is 2. The zero-order valence-corrected chi connectivity index (χ0v) is 9.39. The Kier molecular flexibility index (Phi) is 3.14. The van der Waals surface area contributed by atoms with Crippen LogP contribution in [-0.2, 0) is 14.3 Å². The van der Waals surface area contributed by atoms with Gasteiger partial charge in [-0.2, -0.15) is 0 Å². The Labute approximate surface area is 94.4 Å². The van der Waals surface area contributed by atoms with Crippen LogP contribution in [0.1, 0.15) is 39.0 Å². The number of aliphatic hydroxyl groups is 1. The molecular weight excluding hydrogens is 210 g/mol. The molecule has 1 aliphatic carbocycles. The lowest BCUT2D eigenvalue weighted by atomic mass is 9.89. The van der Waals surface area contributed by atoms with Crippen molar-refractivity contribution in [2.45, 2.75) is 57.4 Å². The number of ether oxygens (including phenoxy) is 1. The Balaban J connectivity index is 1.91. The predicted octanol–water partition coefficient (Wildman–Crippen LogP) is 0.411. The molecule has 1 atom stereocenters. The Morgan fingerprint density at radius 3 is 2.50 bits per heavy atom. The highest BCUT2D eigenvalue weighted by atomic mass is 16.6. The fourth-order valence-corrected chi connectivity index (χ4v) is 2.47. The molecule has 1 saturated heterocycles. The van der Waals surface area contributed by atoms with Gasteiger partial charge in [0.25, 0.3) is 0 Å². The summed E-state index contributed by atoms with van der Waals surface area (Å²) in [4.78, 5) is 24.0. The lowest BCUT2D eigenvalue weighted by Gasteiger charge is -2.46. The minimum atomic E-state index is -0.370. The average Bonchev–Trinajstić information content (AvgIpc) is 2.20. The van der Waals surface area contributed by atoms with Crippen molar-refractivity contribution in [1.29, 1.82) is 0 Å². The van der Waals surface area contributed by atoms with Crippen LogP contribution in [0.4, 0.5) is 0 Å². The van der Waals surface area contributed by atoms with Crippen LogP contribution in [0, 0.1) is 0 Å². The van der Waals surface area contributed by atoms with E-state index in [2.05, 4.69) is 0 Å². The number of amides is 1. The monoisotopic (exact) mass is 227 g/mol. The van der Waals surface area contributed by atoms with Gasteiger partial charge < -0.3 is 14.7 Å². The second-order valence-electron chi connectivity index (χ2n) is 4.53. The quantitative estimate of drug-likeness (QED) is 0.548. The minimum absolute atomic E-state index is 0.0487. The van der Waals surface area contributed by atoms with Gasteiger partial charge in [-0.05, 0) is 25.7 Å². The molecule has 5 nitrogen and oxygen atoms in total. The van der Waals surface area contributed by atoms with Crippen molar-refractivity contribution < 1.29 is 19.4 Å². The van der Waals surface area contributed by atoms with Gasteiger partial charge in [0.15, 0.2) is 6.23 Å². The number of carbonyl (C=O) groups is 2. The molecule has 90 valence electrons. The highest BCUT2D eigenvalue weighted by molar-refractivity contribution is 5.83. The van der Waals surface area contributed by atoms with E-state index < -0.39 is 0 Å². The van der Waals surface area contributed by atoms with E-state index in [1.54, 1.807) is 4.90 Å². The summed E-state index contributed by atoms with van der Waals surface area (Å²) in [5.74, 6) is -0.300. The van der Waals surface area contributed by atoms with Crippen LogP contribution < -0.4 is 0 Å². The number of β-lactam (4-membered cyclic amide) rings is 1. The van der Waals surface area contributed by atoms with E-state index in [1.807, 2.05) is 0 Å². The van der Waals surface area contributed by atoms with Crippen LogP contribution >= 0.6 is 0 Å². The normalized spacial score (nSPS) is 34.5. The highest BCUT2D eigenvalue weighted by Gasteiger charge is 2.43. The zero-order chi connectivity index (χ0) is 11.7. The molecule has 2 rings (SSSR count). The molecule has 1 heterocycles. The van der Waals surface area contributed by atoms with Gasteiger partial charge in [0.2, 0.25) is 5.91 Å². The first kappa shape index (κ1) is 11.4. The lowest BCUT2D eigenvalue weighted by Crippen LogP contribution is -2.59. The first-order valence-corrected chi connectivity index (χ1v) is 5.74. The molecule has 2 aliphatic rings. The third-order valence-corrected chi connectivity index (χ3v) is 3.31. The van der Waals surface area contributed by atoms with Crippen molar-refractivity contribution in [1.82, 2.24) is 4.90 Å². The maximum absolute atomic E-state index is 11.5. The molecule has 2 fully saturated rings. The van der Waals surface area contributed by atoms with Crippen LogP contribution in [0.15, 0.2) is 0 Å². The van der Waals surface area contributed by atoms with Crippen LogP contribution in [-0.4, -0.2) is 40.3 Å². The summed E-state index contributed by atoms with van der Waals surface area (Å²) in [6.07, 6.45) is 2.74. The van der Waals surface area contributed by atoms with Crippen molar-refractivity contribution >= 4 is 11.9 Å². The van der Waals surface area contributed by atoms with Crippen molar-refractivity contribution in [2.24, 2.45) is 0 Å². The number of hydrogen-bond acceptors (Lipinski definition) is 4. The molecule has 16 heavy (non-hydrogen) atoms. The van der Waals surface area contributed by atoms with Crippen molar-refractivity contribution in [3.63, 3.8) is 0 Å². The number of aliphatic hydroxyl groups excluding tert-OH is 1. The zero-order valence-electron chi connectivity index (χ0n) is 9.39. The van der Waals surface area contributed by atoms with E-state index in [9.17, 15) is 14.7 Å². The molecule has 1 amide bonds. The summed E-state index contributed by atoms with van der Waals surface area (Å²) in [6.45, 7) is 1.35. The van der Waals surface area contributed by atoms with Crippen LogP contribution in [0.25, 0.3) is 0 Å². The molecule has 0 aromatic rings. The van der Waals surface area contributed by atoms with Crippen LogP contribution in [0.5, 0.6) is 0 Å². The molecule has 1 aliphatic heterocycles. The fourth-order valence-electron chi connectivity index (χ4n) is 2.47. The van der Waals surface area contributed by atoms with E-state index in [-0.39, 0.29) is 30.3 Å². The maximum atomic E-state index is 11.5. The SMILES string of the molecule is CC(=O)OC1CC(=O)N1C1CCC(O)CC1. The van der Waals surface area contributed by atoms with Gasteiger partial charge in [-0.25, -0.2) is 0 Å². The van der Waals surface area contributed by atoms with Gasteiger partial charge in [0.1, 0.15) is 0 Å². The summed E-state index contributed by atoms with van der Waals surface area (Å²) in [7, 11) is 0. The topological polar surface area (TPSA) is 66.8 Å². The second-order valence-corrected chi connectivity index (χ2v) is 4.53. The highest BCUT2D eigenvalue weighted by Crippen LogP contribution is 2.31. The summed E-state index contributed by atoms with van der Waals surface area (Å²) in [5, 5.41) is 9.39. The summed E-state index contributed by atoms with van der Waals surface area (Å²) in [5.41, 5.74) is 0. The molecule has 0 aromatic heterocycles. The largest absolute Gasteiger partial charge is 0.441 e. The first-order chi connectivity index (χ1) is 7.58. The fraction of sp³-hybridized carbons (Fsp3) is 0.818. The first-order valence-electron chi connectivity index (χ1n) is 5.74. The van der Waals surface area contributed by atoms with Crippen LogP contribution in [0.3, 0.4) is 0 Å². The van der Waals surface area contributed by atoms with Gasteiger partial charge in [-0.15, -0.1) is 0 Å². The van der Waals surface area contributed by atoms with Crippen molar-refractivity contribution in [3.05, 3.63) is 0 Å². The molecule has 0 bridgehead atoms. The van der Waals surface area contributed by atoms with Gasteiger partial charge in [-0.3, -0.25) is 9.59 Å². The van der Waals surface area contributed by atoms with E-state index in [0.717, 1.165) is 25.7 Å². The molecule has 1 N–H and O–H groups in total. The van der Waals surface area contributed by atoms with Crippen molar-refractivity contribution in [2.75, 3.05) is 0 Å². The molecule has 1 saturated carbocycles. The van der Waals surface area contributed by atoms with E-state index in [1.165, 1.54) is 6.92 Å². The molecule has 5 heteroatoms. The third kappa shape index (κ3) is 2.19. The molecule has 0 aromatic carbocycles. The standard InChI is InChI=1S/C11H17NO4/c1-7(13)16-11-6-10(15)12(11)8-2-4-9(14)5-3-8/h8-9,11,14H,2-6H2,1H3. The number of likely N-dealkylation sites (tertiary alicyclic amines) is 1. The molecule has 0 spiro atoms. The Morgan fingerprint density at radius 1 is 1.38 bits per heavy atom. The summed E-state index contributed by atoms with van der Waals surface area (Å²) in [6, 6.07) is 0.133. The van der Waals surface area contributed by atoms with E-state index in [4.69, 9.17) is 4.74 Å². The Hall–Kier alpha value is -1.10. The number of esters is 1. The van der Waals surface area contributed by atoms with Crippen LogP contribution in [0.2, 0.25) is 0 Å². The number of hydrogen-bond donors (Lipinski definition) is 1. The average molecular weight is 227 g/mol. The Bertz CT molecular complexity index is 296. The van der Waals surface area contributed by atoms with Crippen molar-refractivity contribution in [3.8, 4) is 0 Å².